The first-order valence-electron chi connectivity index (χ1n) is 3.96. The van der Waals surface area contributed by atoms with Gasteiger partial charge in [0.1, 0.15) is 0 Å². The summed E-state index contributed by atoms with van der Waals surface area (Å²) in [6.45, 7) is 4.64. The van der Waals surface area contributed by atoms with E-state index in [1.165, 1.54) is 19.3 Å². The maximum absolute atomic E-state index is 2.32. The van der Waals surface area contributed by atoms with Crippen LogP contribution in [-0.2, 0) is 0 Å². The lowest BCUT2D eigenvalue weighted by molar-refractivity contribution is 0.648. The smallest absolute Gasteiger partial charge is 0.0197 e. The van der Waals surface area contributed by atoms with Crippen LogP contribution in [0.25, 0.3) is 0 Å². The van der Waals surface area contributed by atoms with E-state index in [-0.39, 0.29) is 0 Å². The SMILES string of the molecule is CC1=C(C)C2CCC1C2. The minimum absolute atomic E-state index is 0.995. The molecule has 0 N–H and O–H groups in total. The largest absolute Gasteiger partial charge is 0.0710 e. The van der Waals surface area contributed by atoms with Crippen LogP contribution in [0.2, 0.25) is 0 Å². The van der Waals surface area contributed by atoms with Crippen LogP contribution in [0.3, 0.4) is 0 Å². The van der Waals surface area contributed by atoms with Crippen LogP contribution in [0.4, 0.5) is 0 Å². The fourth-order valence-corrected chi connectivity index (χ4v) is 2.41. The van der Waals surface area contributed by atoms with Crippen molar-refractivity contribution < 1.29 is 0 Å². The summed E-state index contributed by atoms with van der Waals surface area (Å²) in [7, 11) is 0. The molecule has 9 heavy (non-hydrogen) atoms. The molecule has 0 nitrogen and oxygen atoms in total. The number of hydrogen-bond donors (Lipinski definition) is 0. The Morgan fingerprint density at radius 3 is 1.67 bits per heavy atom. The van der Waals surface area contributed by atoms with E-state index in [1.807, 2.05) is 0 Å². The molecule has 0 aromatic carbocycles. The molecule has 2 rings (SSSR count). The Morgan fingerprint density at radius 2 is 1.44 bits per heavy atom. The molecule has 0 aliphatic heterocycles. The van der Waals surface area contributed by atoms with E-state index in [0.717, 1.165) is 11.8 Å². The second-order valence-electron chi connectivity index (χ2n) is 3.57. The van der Waals surface area contributed by atoms with E-state index in [2.05, 4.69) is 13.8 Å². The molecular formula is C9H14. The Morgan fingerprint density at radius 1 is 1.00 bits per heavy atom. The Bertz CT molecular complexity index is 147. The Balaban J connectivity index is 2.36. The number of allylic oxidation sites excluding steroid dienone is 2. The van der Waals surface area contributed by atoms with E-state index in [1.54, 1.807) is 11.1 Å². The first-order valence-corrected chi connectivity index (χ1v) is 3.96. The Hall–Kier alpha value is -0.260. The lowest BCUT2D eigenvalue weighted by Crippen LogP contribution is -1.96. The Labute approximate surface area is 57.0 Å². The Kier molecular flexibility index (Phi) is 0.992. The van der Waals surface area contributed by atoms with E-state index in [0.29, 0.717) is 0 Å². The summed E-state index contributed by atoms with van der Waals surface area (Å²) < 4.78 is 0. The number of rotatable bonds is 0. The monoisotopic (exact) mass is 122 g/mol. The van der Waals surface area contributed by atoms with Gasteiger partial charge in [0.2, 0.25) is 0 Å². The molecule has 50 valence electrons. The van der Waals surface area contributed by atoms with Gasteiger partial charge in [0.05, 0.1) is 0 Å². The standard InChI is InChI=1S/C9H14/c1-6-7(2)9-4-3-8(6)5-9/h8-9H,3-5H2,1-2H3. The predicted octanol–water partition coefficient (Wildman–Crippen LogP) is 2.75. The maximum atomic E-state index is 2.32. The first kappa shape index (κ1) is 5.52. The van der Waals surface area contributed by atoms with Gasteiger partial charge in [-0.15, -0.1) is 0 Å². The summed E-state index contributed by atoms with van der Waals surface area (Å²) in [4.78, 5) is 0. The highest BCUT2D eigenvalue weighted by Gasteiger charge is 2.34. The van der Waals surface area contributed by atoms with Gasteiger partial charge in [-0.2, -0.15) is 0 Å². The first-order chi connectivity index (χ1) is 4.29. The van der Waals surface area contributed by atoms with Crippen LogP contribution in [0.15, 0.2) is 11.1 Å². The van der Waals surface area contributed by atoms with Crippen molar-refractivity contribution in [1.82, 2.24) is 0 Å². The molecule has 0 radical (unpaired) electrons. The fraction of sp³-hybridized carbons (Fsp3) is 0.778. The molecule has 1 saturated carbocycles. The molecule has 0 saturated heterocycles. The van der Waals surface area contributed by atoms with E-state index < -0.39 is 0 Å². The number of fused-ring (bicyclic) bond motifs is 2. The lowest BCUT2D eigenvalue weighted by Gasteiger charge is -2.12. The summed E-state index contributed by atoms with van der Waals surface area (Å²) in [5.41, 5.74) is 3.43. The van der Waals surface area contributed by atoms with Crippen LogP contribution in [0.5, 0.6) is 0 Å². The van der Waals surface area contributed by atoms with Gasteiger partial charge in [-0.1, -0.05) is 11.1 Å². The lowest BCUT2D eigenvalue weighted by atomic mass is 9.94. The molecule has 0 heteroatoms. The third-order valence-corrected chi connectivity index (χ3v) is 3.28. The van der Waals surface area contributed by atoms with Gasteiger partial charge in [-0.25, -0.2) is 0 Å². The third kappa shape index (κ3) is 0.593. The summed E-state index contributed by atoms with van der Waals surface area (Å²) in [6, 6.07) is 0. The summed E-state index contributed by atoms with van der Waals surface area (Å²) >= 11 is 0. The van der Waals surface area contributed by atoms with Crippen LogP contribution >= 0.6 is 0 Å². The van der Waals surface area contributed by atoms with E-state index >= 15 is 0 Å². The van der Waals surface area contributed by atoms with E-state index in [4.69, 9.17) is 0 Å². The molecule has 0 heterocycles. The van der Waals surface area contributed by atoms with Gasteiger partial charge < -0.3 is 0 Å². The topological polar surface area (TPSA) is 0 Å². The van der Waals surface area contributed by atoms with Gasteiger partial charge in [-0.05, 0) is 44.9 Å². The molecule has 0 amide bonds. The van der Waals surface area contributed by atoms with Gasteiger partial charge in [0.25, 0.3) is 0 Å². The van der Waals surface area contributed by atoms with Crippen molar-refractivity contribution in [2.24, 2.45) is 11.8 Å². The second-order valence-corrected chi connectivity index (χ2v) is 3.57. The summed E-state index contributed by atoms with van der Waals surface area (Å²) in [6.07, 6.45) is 4.44. The van der Waals surface area contributed by atoms with Crippen molar-refractivity contribution >= 4 is 0 Å². The average Bonchev–Trinajstić information content (AvgIpc) is 2.37. The molecule has 1 fully saturated rings. The molecular weight excluding hydrogens is 108 g/mol. The van der Waals surface area contributed by atoms with Gasteiger partial charge >= 0.3 is 0 Å². The molecule has 2 aliphatic carbocycles. The molecule has 2 bridgehead atoms. The molecule has 2 unspecified atom stereocenters. The minimum Gasteiger partial charge on any atom is -0.0710 e. The normalized spacial score (nSPS) is 40.7. The second kappa shape index (κ2) is 1.62. The van der Waals surface area contributed by atoms with Crippen LogP contribution < -0.4 is 0 Å². The third-order valence-electron chi connectivity index (χ3n) is 3.28. The van der Waals surface area contributed by atoms with Crippen molar-refractivity contribution in [3.8, 4) is 0 Å². The van der Waals surface area contributed by atoms with Crippen molar-refractivity contribution in [1.29, 1.82) is 0 Å². The highest BCUT2D eigenvalue weighted by atomic mass is 14.4. The molecule has 0 spiro atoms. The number of hydrogen-bond acceptors (Lipinski definition) is 0. The van der Waals surface area contributed by atoms with Crippen molar-refractivity contribution in [3.63, 3.8) is 0 Å². The van der Waals surface area contributed by atoms with Crippen molar-refractivity contribution in [2.45, 2.75) is 33.1 Å². The fourth-order valence-electron chi connectivity index (χ4n) is 2.41. The molecule has 0 aromatic rings. The molecule has 2 aliphatic rings. The summed E-state index contributed by atoms with van der Waals surface area (Å²) in [5.74, 6) is 1.99. The molecule has 0 aromatic heterocycles. The van der Waals surface area contributed by atoms with Gasteiger partial charge in [-0.3, -0.25) is 0 Å². The van der Waals surface area contributed by atoms with E-state index in [9.17, 15) is 0 Å². The van der Waals surface area contributed by atoms with Gasteiger partial charge in [0.15, 0.2) is 0 Å². The van der Waals surface area contributed by atoms with Crippen LogP contribution in [0, 0.1) is 11.8 Å². The molecule has 2 atom stereocenters. The highest BCUT2D eigenvalue weighted by Crippen LogP contribution is 2.47. The van der Waals surface area contributed by atoms with Crippen LogP contribution in [-0.4, -0.2) is 0 Å². The van der Waals surface area contributed by atoms with Crippen molar-refractivity contribution in [2.75, 3.05) is 0 Å². The zero-order valence-electron chi connectivity index (χ0n) is 6.28. The zero-order chi connectivity index (χ0) is 6.43. The summed E-state index contributed by atoms with van der Waals surface area (Å²) in [5, 5.41) is 0. The van der Waals surface area contributed by atoms with Gasteiger partial charge in [0, 0.05) is 0 Å². The average molecular weight is 122 g/mol. The zero-order valence-corrected chi connectivity index (χ0v) is 6.28. The van der Waals surface area contributed by atoms with Crippen LogP contribution in [0.1, 0.15) is 33.1 Å². The minimum atomic E-state index is 0.995. The highest BCUT2D eigenvalue weighted by molar-refractivity contribution is 5.25. The predicted molar refractivity (Wildman–Crippen MR) is 39.2 cm³/mol. The maximum Gasteiger partial charge on any atom is -0.0197 e. The van der Waals surface area contributed by atoms with Crippen molar-refractivity contribution in [3.05, 3.63) is 11.1 Å². The quantitative estimate of drug-likeness (QED) is 0.433.